The van der Waals surface area contributed by atoms with Gasteiger partial charge < -0.3 is 15.0 Å². The number of para-hydroxylation sites is 2. The van der Waals surface area contributed by atoms with E-state index in [4.69, 9.17) is 0 Å². The Morgan fingerprint density at radius 3 is 2.52 bits per heavy atom. The maximum atomic E-state index is 12.5. The number of aromatic amines is 1. The Labute approximate surface area is 119 Å². The first-order valence-corrected chi connectivity index (χ1v) is 6.89. The number of aliphatic hydroxyl groups excluding tert-OH is 1. The molecule has 4 nitrogen and oxygen atoms in total. The zero-order valence-corrected chi connectivity index (χ0v) is 11.3. The lowest BCUT2D eigenvalue weighted by atomic mass is 9.91. The Balaban J connectivity index is 1.68. The summed E-state index contributed by atoms with van der Waals surface area (Å²) in [5, 5.41) is 9.31. The minimum absolute atomic E-state index is 0.303. The molecule has 2 aromatic rings. The quantitative estimate of drug-likeness (QED) is 0.896. The number of aromatic nitrogens is 2. The van der Waals surface area contributed by atoms with Crippen molar-refractivity contribution in [3.8, 4) is 0 Å². The van der Waals surface area contributed by atoms with Crippen molar-refractivity contribution >= 4 is 17.0 Å². The summed E-state index contributed by atoms with van der Waals surface area (Å²) in [6, 6.07) is 7.58. The van der Waals surface area contributed by atoms with Crippen LogP contribution in [0, 0.1) is 5.92 Å². The van der Waals surface area contributed by atoms with E-state index >= 15 is 0 Å². The molecule has 3 rings (SSSR count). The first-order chi connectivity index (χ1) is 9.95. The molecule has 114 valence electrons. The van der Waals surface area contributed by atoms with E-state index < -0.39 is 18.2 Å². The molecular weight excluding hydrogens is 283 g/mol. The van der Waals surface area contributed by atoms with Crippen LogP contribution in [0.3, 0.4) is 0 Å². The van der Waals surface area contributed by atoms with Crippen molar-refractivity contribution in [2.75, 3.05) is 18.0 Å². The molecule has 2 heterocycles. The van der Waals surface area contributed by atoms with E-state index in [-0.39, 0.29) is 0 Å². The number of hydrogen-bond donors (Lipinski definition) is 2. The van der Waals surface area contributed by atoms with E-state index in [1.165, 1.54) is 0 Å². The number of alkyl halides is 3. The molecule has 1 aromatic carbocycles. The van der Waals surface area contributed by atoms with Gasteiger partial charge in [0.2, 0.25) is 5.95 Å². The molecule has 1 aliphatic heterocycles. The van der Waals surface area contributed by atoms with Gasteiger partial charge in [0.15, 0.2) is 6.10 Å². The summed E-state index contributed by atoms with van der Waals surface area (Å²) >= 11 is 0. The highest BCUT2D eigenvalue weighted by Crippen LogP contribution is 2.32. The smallest absolute Gasteiger partial charge is 0.383 e. The third-order valence-electron chi connectivity index (χ3n) is 4.00. The number of H-pyrrole nitrogens is 1. The fraction of sp³-hybridized carbons (Fsp3) is 0.500. The number of halogens is 3. The Bertz CT molecular complexity index is 584. The molecule has 1 saturated heterocycles. The first-order valence-electron chi connectivity index (χ1n) is 6.89. The molecule has 0 saturated carbocycles. The summed E-state index contributed by atoms with van der Waals surface area (Å²) in [4.78, 5) is 9.54. The zero-order chi connectivity index (χ0) is 15.0. The van der Waals surface area contributed by atoms with Crippen LogP contribution in [0.4, 0.5) is 19.1 Å². The predicted molar refractivity (Wildman–Crippen MR) is 73.1 cm³/mol. The van der Waals surface area contributed by atoms with Crippen LogP contribution in [-0.2, 0) is 0 Å². The van der Waals surface area contributed by atoms with E-state index in [1.807, 2.05) is 29.2 Å². The number of rotatable bonds is 2. The molecule has 0 amide bonds. The molecule has 21 heavy (non-hydrogen) atoms. The Kier molecular flexibility index (Phi) is 3.52. The minimum atomic E-state index is -4.54. The van der Waals surface area contributed by atoms with Gasteiger partial charge in [-0.05, 0) is 30.9 Å². The number of nitrogens with one attached hydrogen (secondary N) is 1. The highest BCUT2D eigenvalue weighted by molar-refractivity contribution is 5.77. The second-order valence-electron chi connectivity index (χ2n) is 5.39. The van der Waals surface area contributed by atoms with E-state index in [0.29, 0.717) is 31.9 Å². The van der Waals surface area contributed by atoms with Crippen molar-refractivity contribution in [2.24, 2.45) is 5.92 Å². The Morgan fingerprint density at radius 1 is 1.24 bits per heavy atom. The summed E-state index contributed by atoms with van der Waals surface area (Å²) in [7, 11) is 0. The molecule has 1 fully saturated rings. The number of aliphatic hydroxyl groups is 1. The van der Waals surface area contributed by atoms with Gasteiger partial charge in [0.1, 0.15) is 0 Å². The largest absolute Gasteiger partial charge is 0.414 e. The number of piperidine rings is 1. The van der Waals surface area contributed by atoms with Gasteiger partial charge >= 0.3 is 6.18 Å². The molecular formula is C14H16F3N3O. The standard InChI is InChI=1S/C14H16F3N3O/c15-14(16,17)12(21)9-5-7-20(8-6-9)13-18-10-3-1-2-4-11(10)19-13/h1-4,9,12,21H,5-8H2,(H,18,19). The van der Waals surface area contributed by atoms with Crippen molar-refractivity contribution in [2.45, 2.75) is 25.1 Å². The van der Waals surface area contributed by atoms with Crippen LogP contribution in [0.2, 0.25) is 0 Å². The van der Waals surface area contributed by atoms with Gasteiger partial charge in [0, 0.05) is 13.1 Å². The first kappa shape index (κ1) is 14.2. The van der Waals surface area contributed by atoms with Gasteiger partial charge in [-0.3, -0.25) is 0 Å². The molecule has 0 radical (unpaired) electrons. The number of imidazole rings is 1. The predicted octanol–water partition coefficient (Wildman–Crippen LogP) is 2.70. The van der Waals surface area contributed by atoms with Gasteiger partial charge in [0.25, 0.3) is 0 Å². The number of nitrogens with zero attached hydrogens (tertiary/aromatic N) is 2. The van der Waals surface area contributed by atoms with Crippen molar-refractivity contribution in [1.29, 1.82) is 0 Å². The molecule has 0 aliphatic carbocycles. The number of fused-ring (bicyclic) bond motifs is 1. The van der Waals surface area contributed by atoms with Crippen LogP contribution in [-0.4, -0.2) is 40.4 Å². The summed E-state index contributed by atoms with van der Waals surface area (Å²) in [6.07, 6.45) is -6.16. The third kappa shape index (κ3) is 2.83. The van der Waals surface area contributed by atoms with Crippen LogP contribution in [0.15, 0.2) is 24.3 Å². The van der Waals surface area contributed by atoms with Crippen LogP contribution >= 0.6 is 0 Å². The monoisotopic (exact) mass is 299 g/mol. The second-order valence-corrected chi connectivity index (χ2v) is 5.39. The molecule has 0 spiro atoms. The van der Waals surface area contributed by atoms with Gasteiger partial charge in [0.05, 0.1) is 11.0 Å². The fourth-order valence-electron chi connectivity index (χ4n) is 2.78. The van der Waals surface area contributed by atoms with E-state index in [1.54, 1.807) is 0 Å². The molecule has 1 aliphatic rings. The Morgan fingerprint density at radius 2 is 1.90 bits per heavy atom. The third-order valence-corrected chi connectivity index (χ3v) is 4.00. The number of anilines is 1. The summed E-state index contributed by atoms with van der Waals surface area (Å²) in [6.45, 7) is 0.912. The fourth-order valence-corrected chi connectivity index (χ4v) is 2.78. The summed E-state index contributed by atoms with van der Waals surface area (Å²) < 4.78 is 37.5. The van der Waals surface area contributed by atoms with Crippen LogP contribution in [0.5, 0.6) is 0 Å². The zero-order valence-electron chi connectivity index (χ0n) is 11.3. The maximum absolute atomic E-state index is 12.5. The van der Waals surface area contributed by atoms with Gasteiger partial charge in [-0.2, -0.15) is 13.2 Å². The SMILES string of the molecule is OC(C1CCN(c2nc3ccccc3[nH]2)CC1)C(F)(F)F. The van der Waals surface area contributed by atoms with Crippen molar-refractivity contribution in [3.63, 3.8) is 0 Å². The highest BCUT2D eigenvalue weighted by atomic mass is 19.4. The van der Waals surface area contributed by atoms with Gasteiger partial charge in [-0.25, -0.2) is 4.98 Å². The highest BCUT2D eigenvalue weighted by Gasteiger charge is 2.44. The summed E-state index contributed by atoms with van der Waals surface area (Å²) in [5.74, 6) is -0.0539. The lowest BCUT2D eigenvalue weighted by molar-refractivity contribution is -0.221. The van der Waals surface area contributed by atoms with Crippen LogP contribution in [0.1, 0.15) is 12.8 Å². The second kappa shape index (κ2) is 5.22. The molecule has 7 heteroatoms. The minimum Gasteiger partial charge on any atom is -0.383 e. The topological polar surface area (TPSA) is 52.1 Å². The van der Waals surface area contributed by atoms with E-state index in [9.17, 15) is 18.3 Å². The van der Waals surface area contributed by atoms with E-state index in [0.717, 1.165) is 11.0 Å². The lowest BCUT2D eigenvalue weighted by Gasteiger charge is -2.34. The number of benzene rings is 1. The average Bonchev–Trinajstić information content (AvgIpc) is 2.89. The normalized spacial score (nSPS) is 19.1. The van der Waals surface area contributed by atoms with E-state index in [2.05, 4.69) is 9.97 Å². The average molecular weight is 299 g/mol. The maximum Gasteiger partial charge on any atom is 0.414 e. The van der Waals surface area contributed by atoms with Crippen molar-refractivity contribution in [1.82, 2.24) is 9.97 Å². The van der Waals surface area contributed by atoms with Gasteiger partial charge in [-0.15, -0.1) is 0 Å². The summed E-state index contributed by atoms with van der Waals surface area (Å²) in [5.41, 5.74) is 1.75. The molecule has 1 unspecified atom stereocenters. The molecule has 0 bridgehead atoms. The van der Waals surface area contributed by atoms with Crippen molar-refractivity contribution in [3.05, 3.63) is 24.3 Å². The molecule has 1 atom stereocenters. The Hall–Kier alpha value is -1.76. The number of hydrogen-bond acceptors (Lipinski definition) is 3. The van der Waals surface area contributed by atoms with Crippen LogP contribution < -0.4 is 4.90 Å². The lowest BCUT2D eigenvalue weighted by Crippen LogP contribution is -2.43. The van der Waals surface area contributed by atoms with Gasteiger partial charge in [-0.1, -0.05) is 12.1 Å². The van der Waals surface area contributed by atoms with Crippen LogP contribution in [0.25, 0.3) is 11.0 Å². The van der Waals surface area contributed by atoms with Crippen molar-refractivity contribution < 1.29 is 18.3 Å². The molecule has 1 aromatic heterocycles. The molecule has 2 N–H and O–H groups in total.